The van der Waals surface area contributed by atoms with Crippen LogP contribution >= 0.6 is 0 Å². The average Bonchev–Trinajstić information content (AvgIpc) is 3.11. The number of likely N-dealkylation sites (N-methyl/N-ethyl adjacent to an activating group) is 1. The van der Waals surface area contributed by atoms with Gasteiger partial charge in [0.15, 0.2) is 0 Å². The SMILES string of the molecule is CCn1c(CC(NC)c2ncn[nH]2)nc2ccccc21. The first-order valence-corrected chi connectivity index (χ1v) is 6.80. The van der Waals surface area contributed by atoms with Gasteiger partial charge in [-0.2, -0.15) is 5.10 Å². The van der Waals surface area contributed by atoms with E-state index in [-0.39, 0.29) is 6.04 Å². The van der Waals surface area contributed by atoms with Gasteiger partial charge in [0.05, 0.1) is 17.1 Å². The van der Waals surface area contributed by atoms with E-state index in [1.165, 1.54) is 11.8 Å². The summed E-state index contributed by atoms with van der Waals surface area (Å²) >= 11 is 0. The Hall–Kier alpha value is -2.21. The van der Waals surface area contributed by atoms with Crippen molar-refractivity contribution in [3.63, 3.8) is 0 Å². The van der Waals surface area contributed by atoms with Crippen molar-refractivity contribution in [2.75, 3.05) is 7.05 Å². The molecule has 0 spiro atoms. The number of rotatable bonds is 5. The monoisotopic (exact) mass is 270 g/mol. The molecule has 1 unspecified atom stereocenters. The molecule has 0 bridgehead atoms. The molecule has 6 nitrogen and oxygen atoms in total. The van der Waals surface area contributed by atoms with Crippen molar-refractivity contribution in [1.29, 1.82) is 0 Å². The molecule has 0 radical (unpaired) electrons. The lowest BCUT2D eigenvalue weighted by Gasteiger charge is -2.13. The van der Waals surface area contributed by atoms with Crippen molar-refractivity contribution < 1.29 is 0 Å². The summed E-state index contributed by atoms with van der Waals surface area (Å²) in [6, 6.07) is 8.31. The molecule has 2 heterocycles. The van der Waals surface area contributed by atoms with Gasteiger partial charge in [0.2, 0.25) is 0 Å². The maximum atomic E-state index is 4.74. The van der Waals surface area contributed by atoms with Gasteiger partial charge in [-0.15, -0.1) is 0 Å². The second-order valence-electron chi connectivity index (χ2n) is 4.68. The predicted molar refractivity (Wildman–Crippen MR) is 77.3 cm³/mol. The molecule has 3 aromatic rings. The summed E-state index contributed by atoms with van der Waals surface area (Å²) in [5.74, 6) is 1.90. The van der Waals surface area contributed by atoms with Crippen LogP contribution in [0.4, 0.5) is 0 Å². The Labute approximate surface area is 117 Å². The summed E-state index contributed by atoms with van der Waals surface area (Å²) in [7, 11) is 1.92. The second kappa shape index (κ2) is 5.42. The molecule has 0 aliphatic heterocycles. The molecule has 0 saturated carbocycles. The Morgan fingerprint density at radius 2 is 2.20 bits per heavy atom. The van der Waals surface area contributed by atoms with Gasteiger partial charge >= 0.3 is 0 Å². The van der Waals surface area contributed by atoms with E-state index in [0.29, 0.717) is 0 Å². The number of para-hydroxylation sites is 2. The van der Waals surface area contributed by atoms with Crippen LogP contribution in [0, 0.1) is 0 Å². The van der Waals surface area contributed by atoms with Gasteiger partial charge in [-0.3, -0.25) is 5.10 Å². The normalized spacial score (nSPS) is 12.9. The number of fused-ring (bicyclic) bond motifs is 1. The predicted octanol–water partition coefficient (Wildman–Crippen LogP) is 1.68. The summed E-state index contributed by atoms with van der Waals surface area (Å²) < 4.78 is 2.25. The van der Waals surface area contributed by atoms with Crippen LogP contribution in [0.1, 0.15) is 24.6 Å². The molecule has 3 rings (SSSR count). The Morgan fingerprint density at radius 3 is 2.90 bits per heavy atom. The quantitative estimate of drug-likeness (QED) is 0.740. The lowest BCUT2D eigenvalue weighted by molar-refractivity contribution is 0.531. The third kappa shape index (κ3) is 2.18. The van der Waals surface area contributed by atoms with Crippen molar-refractivity contribution in [2.24, 2.45) is 0 Å². The number of nitrogens with zero attached hydrogens (tertiary/aromatic N) is 4. The minimum absolute atomic E-state index is 0.0830. The smallest absolute Gasteiger partial charge is 0.141 e. The number of H-pyrrole nitrogens is 1. The zero-order chi connectivity index (χ0) is 13.9. The minimum Gasteiger partial charge on any atom is -0.328 e. The van der Waals surface area contributed by atoms with Crippen molar-refractivity contribution in [3.05, 3.63) is 42.2 Å². The van der Waals surface area contributed by atoms with Gasteiger partial charge in [0, 0.05) is 13.0 Å². The molecule has 20 heavy (non-hydrogen) atoms. The van der Waals surface area contributed by atoms with Crippen LogP contribution in [0.3, 0.4) is 0 Å². The summed E-state index contributed by atoms with van der Waals surface area (Å²) in [5, 5.41) is 10.1. The highest BCUT2D eigenvalue weighted by Gasteiger charge is 2.17. The van der Waals surface area contributed by atoms with E-state index in [9.17, 15) is 0 Å². The molecule has 2 aromatic heterocycles. The largest absolute Gasteiger partial charge is 0.328 e. The van der Waals surface area contributed by atoms with Crippen LogP contribution < -0.4 is 5.32 Å². The Morgan fingerprint density at radius 1 is 1.35 bits per heavy atom. The maximum Gasteiger partial charge on any atom is 0.141 e. The van der Waals surface area contributed by atoms with Gasteiger partial charge < -0.3 is 9.88 Å². The first-order valence-electron chi connectivity index (χ1n) is 6.80. The molecule has 0 aliphatic carbocycles. The highest BCUT2D eigenvalue weighted by atomic mass is 15.2. The van der Waals surface area contributed by atoms with Gasteiger partial charge in [0.25, 0.3) is 0 Å². The van der Waals surface area contributed by atoms with Crippen LogP contribution in [0.2, 0.25) is 0 Å². The minimum atomic E-state index is 0.0830. The van der Waals surface area contributed by atoms with Gasteiger partial charge in [-0.05, 0) is 26.1 Å². The number of aryl methyl sites for hydroxylation is 1. The fourth-order valence-electron chi connectivity index (χ4n) is 2.53. The van der Waals surface area contributed by atoms with Gasteiger partial charge in [0.1, 0.15) is 18.0 Å². The molecule has 104 valence electrons. The van der Waals surface area contributed by atoms with E-state index in [1.54, 1.807) is 0 Å². The molecule has 0 amide bonds. The fourth-order valence-corrected chi connectivity index (χ4v) is 2.53. The first kappa shape index (κ1) is 12.8. The summed E-state index contributed by atoms with van der Waals surface area (Å²) in [6.45, 7) is 3.04. The van der Waals surface area contributed by atoms with Crippen molar-refractivity contribution in [1.82, 2.24) is 30.0 Å². The molecule has 1 atom stereocenters. The van der Waals surface area contributed by atoms with Gasteiger partial charge in [-0.1, -0.05) is 12.1 Å². The number of nitrogens with one attached hydrogen (secondary N) is 2. The zero-order valence-corrected chi connectivity index (χ0v) is 11.7. The maximum absolute atomic E-state index is 4.74. The number of hydrogen-bond acceptors (Lipinski definition) is 4. The third-order valence-corrected chi connectivity index (χ3v) is 3.55. The van der Waals surface area contributed by atoms with Crippen LogP contribution in [-0.2, 0) is 13.0 Å². The molecular formula is C14H18N6. The number of aromatic amines is 1. The van der Waals surface area contributed by atoms with Crippen LogP contribution in [0.25, 0.3) is 11.0 Å². The van der Waals surface area contributed by atoms with E-state index >= 15 is 0 Å². The topological polar surface area (TPSA) is 71.4 Å². The van der Waals surface area contributed by atoms with E-state index in [2.05, 4.69) is 38.1 Å². The van der Waals surface area contributed by atoms with E-state index < -0.39 is 0 Å². The lowest BCUT2D eigenvalue weighted by Crippen LogP contribution is -2.22. The standard InChI is InChI=1S/C14H18N6/c1-3-20-12-7-5-4-6-10(12)18-13(20)8-11(15-2)14-16-9-17-19-14/h4-7,9,11,15H,3,8H2,1-2H3,(H,16,17,19). The van der Waals surface area contributed by atoms with Crippen molar-refractivity contribution in [2.45, 2.75) is 25.9 Å². The summed E-state index contributed by atoms with van der Waals surface area (Å²) in [6.07, 6.45) is 2.30. The second-order valence-corrected chi connectivity index (χ2v) is 4.68. The number of hydrogen-bond donors (Lipinski definition) is 2. The highest BCUT2D eigenvalue weighted by Crippen LogP contribution is 2.20. The fraction of sp³-hybridized carbons (Fsp3) is 0.357. The van der Waals surface area contributed by atoms with Crippen LogP contribution in [0.5, 0.6) is 0 Å². The number of aromatic nitrogens is 5. The Balaban J connectivity index is 1.97. The van der Waals surface area contributed by atoms with Crippen LogP contribution in [-0.4, -0.2) is 31.8 Å². The molecule has 0 aliphatic rings. The lowest BCUT2D eigenvalue weighted by atomic mass is 10.2. The number of imidazole rings is 1. The Bertz CT molecular complexity index is 685. The molecule has 0 fully saturated rings. The number of benzene rings is 1. The molecule has 6 heteroatoms. The molecular weight excluding hydrogens is 252 g/mol. The van der Waals surface area contributed by atoms with Crippen LogP contribution in [0.15, 0.2) is 30.6 Å². The Kier molecular flexibility index (Phi) is 3.47. The average molecular weight is 270 g/mol. The van der Waals surface area contributed by atoms with Crippen molar-refractivity contribution >= 4 is 11.0 Å². The first-order chi connectivity index (χ1) is 9.83. The molecule has 2 N–H and O–H groups in total. The van der Waals surface area contributed by atoms with E-state index in [4.69, 9.17) is 4.98 Å². The zero-order valence-electron chi connectivity index (χ0n) is 11.7. The highest BCUT2D eigenvalue weighted by molar-refractivity contribution is 5.75. The molecule has 1 aromatic carbocycles. The summed E-state index contributed by atoms with van der Waals surface area (Å²) in [5.41, 5.74) is 2.22. The van der Waals surface area contributed by atoms with E-state index in [0.717, 1.165) is 30.1 Å². The van der Waals surface area contributed by atoms with E-state index in [1.807, 2.05) is 25.2 Å². The molecule has 0 saturated heterocycles. The van der Waals surface area contributed by atoms with Crippen molar-refractivity contribution in [3.8, 4) is 0 Å². The van der Waals surface area contributed by atoms with Gasteiger partial charge in [-0.25, -0.2) is 9.97 Å². The summed E-state index contributed by atoms with van der Waals surface area (Å²) in [4.78, 5) is 8.97. The third-order valence-electron chi connectivity index (χ3n) is 3.55.